The average Bonchev–Trinajstić information content (AvgIpc) is 2.30. The molecule has 0 amide bonds. The lowest BCUT2D eigenvalue weighted by Gasteiger charge is -2.25. The van der Waals surface area contributed by atoms with E-state index >= 15 is 0 Å². The molecule has 0 atom stereocenters. The minimum atomic E-state index is -0.499. The summed E-state index contributed by atoms with van der Waals surface area (Å²) in [6.45, 7) is 9.35. The summed E-state index contributed by atoms with van der Waals surface area (Å²) in [5.41, 5.74) is 0.603. The first-order chi connectivity index (χ1) is 8.90. The molecule has 0 N–H and O–H groups in total. The van der Waals surface area contributed by atoms with Crippen LogP contribution in [-0.2, 0) is 9.53 Å². The van der Waals surface area contributed by atoms with Crippen molar-refractivity contribution in [2.75, 3.05) is 0 Å². The van der Waals surface area contributed by atoms with E-state index in [1.807, 2.05) is 27.7 Å². The molecule has 2 heteroatoms. The van der Waals surface area contributed by atoms with Crippen LogP contribution in [0.3, 0.4) is 0 Å². The van der Waals surface area contributed by atoms with E-state index in [4.69, 9.17) is 4.74 Å². The van der Waals surface area contributed by atoms with Gasteiger partial charge >= 0.3 is 5.97 Å². The number of hydrogen-bond acceptors (Lipinski definition) is 2. The van der Waals surface area contributed by atoms with Crippen LogP contribution in [0.4, 0.5) is 0 Å². The molecule has 108 valence electrons. The van der Waals surface area contributed by atoms with Gasteiger partial charge in [0.1, 0.15) is 5.60 Å². The molecule has 0 aliphatic rings. The minimum Gasteiger partial charge on any atom is -0.455 e. The first-order valence-corrected chi connectivity index (χ1v) is 7.03. The van der Waals surface area contributed by atoms with E-state index in [0.29, 0.717) is 0 Å². The molecule has 19 heavy (non-hydrogen) atoms. The van der Waals surface area contributed by atoms with Gasteiger partial charge in [0.2, 0.25) is 0 Å². The third-order valence-electron chi connectivity index (χ3n) is 3.03. The largest absolute Gasteiger partial charge is 0.455 e. The van der Waals surface area contributed by atoms with Gasteiger partial charge in [0.15, 0.2) is 0 Å². The van der Waals surface area contributed by atoms with E-state index in [2.05, 4.69) is 30.4 Å². The van der Waals surface area contributed by atoms with Crippen LogP contribution in [0.1, 0.15) is 60.3 Å². The Hall–Kier alpha value is -1.31. The van der Waals surface area contributed by atoms with Crippen LogP contribution in [0.2, 0.25) is 0 Å². The van der Waals surface area contributed by atoms with Gasteiger partial charge in [-0.2, -0.15) is 0 Å². The molecular formula is C17H28O2. The number of rotatable bonds is 8. The molecule has 0 radical (unpaired) electrons. The lowest BCUT2D eigenvalue weighted by Crippen LogP contribution is -2.28. The Morgan fingerprint density at radius 2 is 1.53 bits per heavy atom. The smallest absolute Gasteiger partial charge is 0.303 e. The van der Waals surface area contributed by atoms with Crippen molar-refractivity contribution < 1.29 is 9.53 Å². The number of carbonyl (C=O) groups is 1. The molecule has 0 aromatic rings. The van der Waals surface area contributed by atoms with Gasteiger partial charge in [-0.25, -0.2) is 0 Å². The normalized spacial score (nSPS) is 13.4. The highest BCUT2D eigenvalue weighted by molar-refractivity contribution is 5.66. The van der Waals surface area contributed by atoms with Crippen molar-refractivity contribution in [1.29, 1.82) is 0 Å². The average molecular weight is 264 g/mol. The third-order valence-corrected chi connectivity index (χ3v) is 3.03. The third kappa shape index (κ3) is 9.29. The zero-order chi connectivity index (χ0) is 14.7. The first kappa shape index (κ1) is 17.7. The van der Waals surface area contributed by atoms with Crippen LogP contribution in [0.25, 0.3) is 0 Å². The van der Waals surface area contributed by atoms with Gasteiger partial charge in [-0.3, -0.25) is 4.79 Å². The second kappa shape index (κ2) is 9.60. The lowest BCUT2D eigenvalue weighted by atomic mass is 9.98. The van der Waals surface area contributed by atoms with E-state index in [9.17, 15) is 4.79 Å². The molecule has 0 aliphatic heterocycles. The summed E-state index contributed by atoms with van der Waals surface area (Å²) >= 11 is 0. The van der Waals surface area contributed by atoms with Crippen LogP contribution in [0.5, 0.6) is 0 Å². The fraction of sp³-hybridized carbons (Fsp3) is 0.588. The van der Waals surface area contributed by atoms with E-state index in [1.54, 1.807) is 0 Å². The fourth-order valence-corrected chi connectivity index (χ4v) is 1.68. The molecule has 0 aromatic heterocycles. The zero-order valence-electron chi connectivity index (χ0n) is 13.0. The number of allylic oxidation sites excluding steroid dienone is 5. The standard InChI is InChI=1S/C17H28O2/c1-6-7-8-9-10-11-12-13-14-15(2)17(4,5)19-16(3)18/h6-7,10-11,14H,8-9,12-13H2,1-5H3. The molecule has 0 spiro atoms. The Kier molecular flexibility index (Phi) is 8.94. The van der Waals surface area contributed by atoms with E-state index in [0.717, 1.165) is 31.3 Å². The Bertz CT molecular complexity index is 346. The topological polar surface area (TPSA) is 26.3 Å². The quantitative estimate of drug-likeness (QED) is 0.351. The summed E-state index contributed by atoms with van der Waals surface area (Å²) in [6.07, 6.45) is 15.1. The second-order valence-electron chi connectivity index (χ2n) is 5.19. The van der Waals surface area contributed by atoms with Gasteiger partial charge in [-0.1, -0.05) is 30.4 Å². The van der Waals surface area contributed by atoms with Crippen molar-refractivity contribution in [3.8, 4) is 0 Å². The van der Waals surface area contributed by atoms with Crippen LogP contribution in [-0.4, -0.2) is 11.6 Å². The van der Waals surface area contributed by atoms with Crippen LogP contribution >= 0.6 is 0 Å². The van der Waals surface area contributed by atoms with Gasteiger partial charge in [0.25, 0.3) is 0 Å². The molecular weight excluding hydrogens is 236 g/mol. The van der Waals surface area contributed by atoms with Gasteiger partial charge in [-0.05, 0) is 59.0 Å². The summed E-state index contributed by atoms with van der Waals surface area (Å²) in [5, 5.41) is 0. The molecule has 0 fully saturated rings. The minimum absolute atomic E-state index is 0.235. The molecule has 0 aromatic carbocycles. The molecule has 0 unspecified atom stereocenters. The zero-order valence-corrected chi connectivity index (χ0v) is 13.0. The molecule has 0 rings (SSSR count). The summed E-state index contributed by atoms with van der Waals surface area (Å²) < 4.78 is 5.29. The molecule has 0 aliphatic carbocycles. The van der Waals surface area contributed by atoms with Crippen LogP contribution < -0.4 is 0 Å². The Labute approximate surface area is 118 Å². The second-order valence-corrected chi connectivity index (χ2v) is 5.19. The Balaban J connectivity index is 4.02. The lowest BCUT2D eigenvalue weighted by molar-refractivity contribution is -0.150. The fourth-order valence-electron chi connectivity index (χ4n) is 1.68. The molecule has 0 saturated carbocycles. The monoisotopic (exact) mass is 264 g/mol. The van der Waals surface area contributed by atoms with Crippen LogP contribution in [0.15, 0.2) is 36.0 Å². The van der Waals surface area contributed by atoms with Crippen molar-refractivity contribution in [3.63, 3.8) is 0 Å². The van der Waals surface area contributed by atoms with Gasteiger partial charge < -0.3 is 4.74 Å². The highest BCUT2D eigenvalue weighted by atomic mass is 16.6. The molecule has 0 bridgehead atoms. The number of hydrogen-bond donors (Lipinski definition) is 0. The van der Waals surface area contributed by atoms with Crippen LogP contribution in [0, 0.1) is 0 Å². The van der Waals surface area contributed by atoms with Gasteiger partial charge in [-0.15, -0.1) is 0 Å². The van der Waals surface area contributed by atoms with E-state index in [1.165, 1.54) is 6.92 Å². The maximum atomic E-state index is 11.0. The molecule has 0 saturated heterocycles. The van der Waals surface area contributed by atoms with E-state index in [-0.39, 0.29) is 5.97 Å². The van der Waals surface area contributed by atoms with E-state index < -0.39 is 5.60 Å². The summed E-state index contributed by atoms with van der Waals surface area (Å²) in [4.78, 5) is 11.0. The SMILES string of the molecule is CC=CCCC=CCCC=C(C)C(C)(C)OC(C)=O. The summed E-state index contributed by atoms with van der Waals surface area (Å²) in [7, 11) is 0. The molecule has 2 nitrogen and oxygen atoms in total. The van der Waals surface area contributed by atoms with Crippen molar-refractivity contribution in [1.82, 2.24) is 0 Å². The highest BCUT2D eigenvalue weighted by Gasteiger charge is 2.22. The predicted molar refractivity (Wildman–Crippen MR) is 82.0 cm³/mol. The summed E-state index contributed by atoms with van der Waals surface area (Å²) in [5.74, 6) is -0.235. The number of unbranched alkanes of at least 4 members (excludes halogenated alkanes) is 2. The Morgan fingerprint density at radius 3 is 2.05 bits per heavy atom. The number of esters is 1. The predicted octanol–water partition coefficient (Wildman–Crippen LogP) is 4.97. The molecule has 0 heterocycles. The van der Waals surface area contributed by atoms with Crippen molar-refractivity contribution >= 4 is 5.97 Å². The maximum absolute atomic E-state index is 11.0. The Morgan fingerprint density at radius 1 is 1.00 bits per heavy atom. The van der Waals surface area contributed by atoms with Crippen molar-refractivity contribution in [2.45, 2.75) is 65.9 Å². The highest BCUT2D eigenvalue weighted by Crippen LogP contribution is 2.21. The van der Waals surface area contributed by atoms with Crippen molar-refractivity contribution in [3.05, 3.63) is 36.0 Å². The maximum Gasteiger partial charge on any atom is 0.303 e. The van der Waals surface area contributed by atoms with Gasteiger partial charge in [0.05, 0.1) is 0 Å². The summed E-state index contributed by atoms with van der Waals surface area (Å²) in [6, 6.07) is 0. The van der Waals surface area contributed by atoms with Gasteiger partial charge in [0, 0.05) is 6.92 Å². The number of ether oxygens (including phenoxy) is 1. The number of carbonyl (C=O) groups excluding carboxylic acids is 1. The first-order valence-electron chi connectivity index (χ1n) is 7.03. The van der Waals surface area contributed by atoms with Crippen molar-refractivity contribution in [2.24, 2.45) is 0 Å².